The van der Waals surface area contributed by atoms with Gasteiger partial charge in [0.05, 0.1) is 20.6 Å². The van der Waals surface area contributed by atoms with Gasteiger partial charge in [0, 0.05) is 18.1 Å². The van der Waals surface area contributed by atoms with Gasteiger partial charge in [0.1, 0.15) is 12.6 Å². The highest BCUT2D eigenvalue weighted by Crippen LogP contribution is 2.27. The molecule has 208 valence electrons. The molecule has 0 heterocycles. The predicted octanol–water partition coefficient (Wildman–Crippen LogP) is 6.18. The molecular formula is C28H30Cl3N3O4S. The zero-order valence-electron chi connectivity index (χ0n) is 21.6. The number of nitrogens with zero attached hydrogens (tertiary/aromatic N) is 2. The number of hydrogen-bond acceptors (Lipinski definition) is 4. The van der Waals surface area contributed by atoms with Gasteiger partial charge in [-0.2, -0.15) is 0 Å². The van der Waals surface area contributed by atoms with Crippen molar-refractivity contribution >= 4 is 62.3 Å². The number of unbranched alkanes of at least 4 members (excludes halogenated alkanes) is 1. The molecule has 0 bridgehead atoms. The van der Waals surface area contributed by atoms with Crippen molar-refractivity contribution in [2.24, 2.45) is 0 Å². The Morgan fingerprint density at radius 2 is 1.64 bits per heavy atom. The van der Waals surface area contributed by atoms with E-state index < -0.39 is 28.5 Å². The number of benzene rings is 3. The number of halogens is 3. The van der Waals surface area contributed by atoms with Crippen LogP contribution in [0.25, 0.3) is 0 Å². The van der Waals surface area contributed by atoms with Gasteiger partial charge in [0.25, 0.3) is 10.0 Å². The topological polar surface area (TPSA) is 86.8 Å². The van der Waals surface area contributed by atoms with Crippen LogP contribution < -0.4 is 9.62 Å². The van der Waals surface area contributed by atoms with Crippen LogP contribution in [0.1, 0.15) is 32.3 Å². The maximum absolute atomic E-state index is 13.9. The van der Waals surface area contributed by atoms with Crippen molar-refractivity contribution in [2.45, 2.75) is 44.2 Å². The third-order valence-electron chi connectivity index (χ3n) is 6.04. The Labute approximate surface area is 244 Å². The van der Waals surface area contributed by atoms with Crippen LogP contribution >= 0.6 is 34.8 Å². The first kappa shape index (κ1) is 30.8. The summed E-state index contributed by atoms with van der Waals surface area (Å²) < 4.78 is 28.4. The van der Waals surface area contributed by atoms with E-state index in [0.29, 0.717) is 27.2 Å². The summed E-state index contributed by atoms with van der Waals surface area (Å²) in [6, 6.07) is 18.1. The van der Waals surface area contributed by atoms with Crippen LogP contribution in [0.2, 0.25) is 15.1 Å². The van der Waals surface area contributed by atoms with E-state index >= 15 is 0 Å². The van der Waals surface area contributed by atoms with E-state index in [2.05, 4.69) is 5.32 Å². The SMILES string of the molecule is CCCCNC(=O)C(C)N(Cc1ccc(Cl)c(Cl)c1)C(=O)CN(c1cccc(Cl)c1)S(=O)(=O)c1ccccc1. The number of carbonyl (C=O) groups excluding carboxylic acids is 2. The molecule has 0 saturated carbocycles. The first-order valence-corrected chi connectivity index (χ1v) is 15.0. The molecule has 0 aliphatic carbocycles. The molecule has 0 aliphatic rings. The summed E-state index contributed by atoms with van der Waals surface area (Å²) in [6.07, 6.45) is 1.68. The molecule has 0 aromatic heterocycles. The maximum atomic E-state index is 13.9. The largest absolute Gasteiger partial charge is 0.354 e. The van der Waals surface area contributed by atoms with Gasteiger partial charge in [0.2, 0.25) is 11.8 Å². The zero-order valence-corrected chi connectivity index (χ0v) is 24.7. The van der Waals surface area contributed by atoms with Crippen LogP contribution in [0, 0.1) is 0 Å². The minimum atomic E-state index is -4.16. The highest BCUT2D eigenvalue weighted by Gasteiger charge is 2.32. The highest BCUT2D eigenvalue weighted by molar-refractivity contribution is 7.92. The normalized spacial score (nSPS) is 12.0. The molecule has 2 amide bonds. The predicted molar refractivity (Wildman–Crippen MR) is 157 cm³/mol. The number of carbonyl (C=O) groups is 2. The smallest absolute Gasteiger partial charge is 0.264 e. The summed E-state index contributed by atoms with van der Waals surface area (Å²) >= 11 is 18.4. The Bertz CT molecular complexity index is 1400. The quantitative estimate of drug-likeness (QED) is 0.248. The summed E-state index contributed by atoms with van der Waals surface area (Å²) in [4.78, 5) is 28.2. The summed E-state index contributed by atoms with van der Waals surface area (Å²) in [6.45, 7) is 3.52. The Balaban J connectivity index is 2.00. The lowest BCUT2D eigenvalue weighted by Gasteiger charge is -2.32. The molecular weight excluding hydrogens is 581 g/mol. The van der Waals surface area contributed by atoms with Crippen molar-refractivity contribution in [3.63, 3.8) is 0 Å². The molecule has 1 atom stereocenters. The first-order chi connectivity index (χ1) is 18.5. The van der Waals surface area contributed by atoms with Crippen molar-refractivity contribution in [1.29, 1.82) is 0 Å². The second-order valence-corrected chi connectivity index (χ2v) is 12.0. The average molecular weight is 611 g/mol. The van der Waals surface area contributed by atoms with Crippen molar-refractivity contribution in [3.8, 4) is 0 Å². The molecule has 3 rings (SSSR count). The van der Waals surface area contributed by atoms with Crippen molar-refractivity contribution in [3.05, 3.63) is 93.4 Å². The number of sulfonamides is 1. The van der Waals surface area contributed by atoms with Crippen LogP contribution in [0.15, 0.2) is 77.7 Å². The molecule has 39 heavy (non-hydrogen) atoms. The first-order valence-electron chi connectivity index (χ1n) is 12.4. The van der Waals surface area contributed by atoms with E-state index in [0.717, 1.165) is 17.1 Å². The van der Waals surface area contributed by atoms with Crippen molar-refractivity contribution in [1.82, 2.24) is 10.2 Å². The van der Waals surface area contributed by atoms with E-state index in [1.807, 2.05) is 6.92 Å². The minimum Gasteiger partial charge on any atom is -0.354 e. The molecule has 1 unspecified atom stereocenters. The zero-order chi connectivity index (χ0) is 28.6. The van der Waals surface area contributed by atoms with Crippen LogP contribution in [0.4, 0.5) is 5.69 Å². The minimum absolute atomic E-state index is 0.00680. The standard InChI is InChI=1S/C28H30Cl3N3O4S/c1-3-4-15-32-28(36)20(2)33(18-21-13-14-25(30)26(31)16-21)27(35)19-34(23-10-8-9-22(29)17-23)39(37,38)24-11-6-5-7-12-24/h5-14,16-17,20H,3-4,15,18-19H2,1-2H3,(H,32,36). The van der Waals surface area contributed by atoms with Gasteiger partial charge in [-0.05, 0) is 61.4 Å². The van der Waals surface area contributed by atoms with Gasteiger partial charge < -0.3 is 10.2 Å². The third kappa shape index (κ3) is 8.11. The van der Waals surface area contributed by atoms with Gasteiger partial charge in [-0.25, -0.2) is 8.42 Å². The average Bonchev–Trinajstić information content (AvgIpc) is 2.92. The second-order valence-electron chi connectivity index (χ2n) is 8.90. The summed E-state index contributed by atoms with van der Waals surface area (Å²) in [7, 11) is -4.16. The molecule has 0 saturated heterocycles. The van der Waals surface area contributed by atoms with Gasteiger partial charge >= 0.3 is 0 Å². The van der Waals surface area contributed by atoms with E-state index in [1.165, 1.54) is 23.1 Å². The van der Waals surface area contributed by atoms with Gasteiger partial charge in [-0.3, -0.25) is 13.9 Å². The highest BCUT2D eigenvalue weighted by atomic mass is 35.5. The van der Waals surface area contributed by atoms with E-state index in [1.54, 1.807) is 61.5 Å². The Hall–Kier alpha value is -2.78. The van der Waals surface area contributed by atoms with Gasteiger partial charge in [0.15, 0.2) is 0 Å². The number of hydrogen-bond donors (Lipinski definition) is 1. The lowest BCUT2D eigenvalue weighted by atomic mass is 10.1. The van der Waals surface area contributed by atoms with E-state index in [9.17, 15) is 18.0 Å². The van der Waals surface area contributed by atoms with Gasteiger partial charge in [-0.1, -0.05) is 78.5 Å². The summed E-state index contributed by atoms with van der Waals surface area (Å²) in [5, 5.41) is 3.81. The monoisotopic (exact) mass is 609 g/mol. The van der Waals surface area contributed by atoms with Crippen LogP contribution in [-0.4, -0.2) is 44.3 Å². The number of nitrogens with one attached hydrogen (secondary N) is 1. The number of rotatable bonds is 12. The van der Waals surface area contributed by atoms with Crippen LogP contribution in [-0.2, 0) is 26.2 Å². The molecule has 0 aliphatic heterocycles. The molecule has 7 nitrogen and oxygen atoms in total. The van der Waals surface area contributed by atoms with E-state index in [4.69, 9.17) is 34.8 Å². The Kier molecular flexibility index (Phi) is 11.1. The van der Waals surface area contributed by atoms with Crippen LogP contribution in [0.3, 0.4) is 0 Å². The molecule has 3 aromatic carbocycles. The molecule has 1 N–H and O–H groups in total. The Morgan fingerprint density at radius 1 is 0.923 bits per heavy atom. The fourth-order valence-corrected chi connectivity index (χ4v) is 5.77. The second kappa shape index (κ2) is 14.0. The molecule has 0 radical (unpaired) electrons. The maximum Gasteiger partial charge on any atom is 0.264 e. The van der Waals surface area contributed by atoms with Crippen molar-refractivity contribution in [2.75, 3.05) is 17.4 Å². The molecule has 0 spiro atoms. The van der Waals surface area contributed by atoms with Crippen molar-refractivity contribution < 1.29 is 18.0 Å². The third-order valence-corrected chi connectivity index (χ3v) is 8.80. The fraction of sp³-hybridized carbons (Fsp3) is 0.286. The van der Waals surface area contributed by atoms with Gasteiger partial charge in [-0.15, -0.1) is 0 Å². The molecule has 3 aromatic rings. The number of amides is 2. The summed E-state index contributed by atoms with van der Waals surface area (Å²) in [5.41, 5.74) is 0.848. The molecule has 0 fully saturated rings. The molecule has 11 heteroatoms. The summed E-state index contributed by atoms with van der Waals surface area (Å²) in [5.74, 6) is -0.934. The van der Waals surface area contributed by atoms with Crippen LogP contribution in [0.5, 0.6) is 0 Å². The lowest BCUT2D eigenvalue weighted by Crippen LogP contribution is -2.51. The number of anilines is 1. The van der Waals surface area contributed by atoms with E-state index in [-0.39, 0.29) is 23.0 Å². The fourth-order valence-electron chi connectivity index (χ4n) is 3.83. The lowest BCUT2D eigenvalue weighted by molar-refractivity contribution is -0.139. The Morgan fingerprint density at radius 3 is 2.28 bits per heavy atom.